The summed E-state index contributed by atoms with van der Waals surface area (Å²) in [5.41, 5.74) is 0.421. The second kappa shape index (κ2) is 8.79. The van der Waals surface area contributed by atoms with Gasteiger partial charge < -0.3 is 15.4 Å². The van der Waals surface area contributed by atoms with Crippen LogP contribution in [-0.2, 0) is 9.53 Å². The number of hydrogen-bond donors (Lipinski definition) is 2. The number of amides is 2. The molecule has 0 spiro atoms. The highest BCUT2D eigenvalue weighted by Crippen LogP contribution is 2.22. The van der Waals surface area contributed by atoms with Gasteiger partial charge in [0.15, 0.2) is 0 Å². The largest absolute Gasteiger partial charge is 0.384 e. The highest BCUT2D eigenvalue weighted by molar-refractivity contribution is 6.42. The van der Waals surface area contributed by atoms with Crippen LogP contribution >= 0.6 is 23.2 Å². The van der Waals surface area contributed by atoms with Crippen LogP contribution in [0, 0.1) is 0 Å². The lowest BCUT2D eigenvalue weighted by atomic mass is 10.2. The molecule has 2 amide bonds. The Balaban J connectivity index is 2.29. The molecule has 0 unspecified atom stereocenters. The lowest BCUT2D eigenvalue weighted by Crippen LogP contribution is -2.34. The molecule has 110 valence electrons. The Morgan fingerprint density at radius 3 is 2.50 bits per heavy atom. The van der Waals surface area contributed by atoms with Gasteiger partial charge in [-0.3, -0.25) is 9.59 Å². The maximum atomic E-state index is 11.8. The molecule has 0 bridgehead atoms. The molecule has 1 aromatic carbocycles. The second-order valence-electron chi connectivity index (χ2n) is 3.98. The number of halogens is 2. The van der Waals surface area contributed by atoms with Crippen LogP contribution in [0.15, 0.2) is 18.2 Å². The minimum atomic E-state index is -0.269. The Hall–Kier alpha value is -1.30. The minimum Gasteiger partial charge on any atom is -0.384 e. The van der Waals surface area contributed by atoms with Gasteiger partial charge in [-0.05, 0) is 18.2 Å². The first kappa shape index (κ1) is 16.8. The quantitative estimate of drug-likeness (QED) is 0.754. The zero-order valence-electron chi connectivity index (χ0n) is 11.0. The van der Waals surface area contributed by atoms with E-state index in [4.69, 9.17) is 27.9 Å². The van der Waals surface area contributed by atoms with Crippen molar-refractivity contribution in [3.8, 4) is 0 Å². The van der Waals surface area contributed by atoms with Crippen molar-refractivity contribution in [3.63, 3.8) is 0 Å². The van der Waals surface area contributed by atoms with Crippen molar-refractivity contribution in [3.05, 3.63) is 33.8 Å². The summed E-state index contributed by atoms with van der Waals surface area (Å²) >= 11 is 11.6. The van der Waals surface area contributed by atoms with Crippen LogP contribution in [0.5, 0.6) is 0 Å². The molecule has 0 atom stereocenters. The molecular formula is C13H16Cl2N2O3. The van der Waals surface area contributed by atoms with Gasteiger partial charge in [-0.1, -0.05) is 23.2 Å². The topological polar surface area (TPSA) is 67.4 Å². The van der Waals surface area contributed by atoms with Crippen LogP contribution in [0.25, 0.3) is 0 Å². The molecule has 0 aliphatic heterocycles. The monoisotopic (exact) mass is 318 g/mol. The number of rotatable bonds is 7. The molecule has 0 radical (unpaired) electrons. The van der Waals surface area contributed by atoms with E-state index in [0.717, 1.165) is 0 Å². The van der Waals surface area contributed by atoms with E-state index in [0.29, 0.717) is 41.7 Å². The van der Waals surface area contributed by atoms with Crippen LogP contribution in [-0.4, -0.2) is 38.6 Å². The average molecular weight is 319 g/mol. The molecule has 0 heterocycles. The van der Waals surface area contributed by atoms with E-state index in [2.05, 4.69) is 10.6 Å². The molecule has 2 N–H and O–H groups in total. The molecule has 5 nitrogen and oxygen atoms in total. The molecule has 0 aromatic heterocycles. The molecule has 0 aliphatic carbocycles. The molecular weight excluding hydrogens is 303 g/mol. The standard InChI is InChI=1S/C13H16Cl2N2O3/c1-20-7-4-12(18)16-5-6-17-13(19)9-2-3-10(14)11(15)8-9/h2-3,8H,4-7H2,1H3,(H,16,18)(H,17,19). The first-order valence-corrected chi connectivity index (χ1v) is 6.79. The van der Waals surface area contributed by atoms with E-state index in [1.165, 1.54) is 13.2 Å². The maximum Gasteiger partial charge on any atom is 0.251 e. The Morgan fingerprint density at radius 2 is 1.85 bits per heavy atom. The zero-order valence-corrected chi connectivity index (χ0v) is 12.6. The summed E-state index contributed by atoms with van der Waals surface area (Å²) in [7, 11) is 1.53. The summed E-state index contributed by atoms with van der Waals surface area (Å²) in [6, 6.07) is 4.64. The van der Waals surface area contributed by atoms with Crippen LogP contribution in [0.1, 0.15) is 16.8 Å². The van der Waals surface area contributed by atoms with Crippen molar-refractivity contribution in [1.82, 2.24) is 10.6 Å². The van der Waals surface area contributed by atoms with E-state index >= 15 is 0 Å². The molecule has 0 aliphatic rings. The fourth-order valence-corrected chi connectivity index (χ4v) is 1.70. The van der Waals surface area contributed by atoms with Crippen LogP contribution in [0.2, 0.25) is 10.0 Å². The van der Waals surface area contributed by atoms with Crippen LogP contribution < -0.4 is 10.6 Å². The Kier molecular flexibility index (Phi) is 7.36. The van der Waals surface area contributed by atoms with Gasteiger partial charge in [-0.25, -0.2) is 0 Å². The SMILES string of the molecule is COCCC(=O)NCCNC(=O)c1ccc(Cl)c(Cl)c1. The smallest absolute Gasteiger partial charge is 0.251 e. The van der Waals surface area contributed by atoms with Gasteiger partial charge in [-0.2, -0.15) is 0 Å². The normalized spacial score (nSPS) is 10.2. The minimum absolute atomic E-state index is 0.115. The van der Waals surface area contributed by atoms with Gasteiger partial charge in [-0.15, -0.1) is 0 Å². The summed E-state index contributed by atoms with van der Waals surface area (Å²) in [5, 5.41) is 6.06. The molecule has 7 heteroatoms. The second-order valence-corrected chi connectivity index (χ2v) is 4.79. The van der Waals surface area contributed by atoms with Crippen LogP contribution in [0.3, 0.4) is 0 Å². The molecule has 1 aromatic rings. The molecule has 20 heavy (non-hydrogen) atoms. The van der Waals surface area contributed by atoms with E-state index < -0.39 is 0 Å². The number of nitrogens with one attached hydrogen (secondary N) is 2. The highest BCUT2D eigenvalue weighted by atomic mass is 35.5. The number of ether oxygens (including phenoxy) is 1. The van der Waals surface area contributed by atoms with Crippen molar-refractivity contribution in [1.29, 1.82) is 0 Å². The van der Waals surface area contributed by atoms with Crippen molar-refractivity contribution in [2.24, 2.45) is 0 Å². The van der Waals surface area contributed by atoms with Gasteiger partial charge in [0.25, 0.3) is 5.91 Å². The first-order valence-electron chi connectivity index (χ1n) is 6.03. The predicted molar refractivity (Wildman–Crippen MR) is 78.3 cm³/mol. The number of benzene rings is 1. The third-order valence-corrected chi connectivity index (χ3v) is 3.19. The van der Waals surface area contributed by atoms with E-state index in [-0.39, 0.29) is 11.8 Å². The van der Waals surface area contributed by atoms with Crippen molar-refractivity contribution in [2.45, 2.75) is 6.42 Å². The van der Waals surface area contributed by atoms with Gasteiger partial charge in [0.05, 0.1) is 16.7 Å². The maximum absolute atomic E-state index is 11.8. The van der Waals surface area contributed by atoms with Crippen molar-refractivity contribution in [2.75, 3.05) is 26.8 Å². The van der Waals surface area contributed by atoms with Crippen LogP contribution in [0.4, 0.5) is 0 Å². The lowest BCUT2D eigenvalue weighted by Gasteiger charge is -2.07. The fourth-order valence-electron chi connectivity index (χ4n) is 1.40. The first-order chi connectivity index (χ1) is 9.54. The average Bonchev–Trinajstić information content (AvgIpc) is 2.44. The Bertz CT molecular complexity index is 481. The van der Waals surface area contributed by atoms with E-state index in [1.807, 2.05) is 0 Å². The van der Waals surface area contributed by atoms with Crippen molar-refractivity contribution < 1.29 is 14.3 Å². The van der Waals surface area contributed by atoms with Gasteiger partial charge in [0.2, 0.25) is 5.91 Å². The number of carbonyl (C=O) groups excluding carboxylic acids is 2. The number of hydrogen-bond acceptors (Lipinski definition) is 3. The molecule has 0 saturated heterocycles. The van der Waals surface area contributed by atoms with Gasteiger partial charge in [0, 0.05) is 32.2 Å². The summed E-state index contributed by atoms with van der Waals surface area (Å²) in [4.78, 5) is 23.0. The van der Waals surface area contributed by atoms with Gasteiger partial charge in [0.1, 0.15) is 0 Å². The summed E-state index contributed by atoms with van der Waals surface area (Å²) in [6.45, 7) is 1.06. The third kappa shape index (κ3) is 5.77. The van der Waals surface area contributed by atoms with Gasteiger partial charge >= 0.3 is 0 Å². The molecule has 0 fully saturated rings. The van der Waals surface area contributed by atoms with Crippen molar-refractivity contribution >= 4 is 35.0 Å². The third-order valence-electron chi connectivity index (χ3n) is 2.45. The molecule has 0 saturated carbocycles. The number of carbonyl (C=O) groups is 2. The summed E-state index contributed by atoms with van der Waals surface area (Å²) in [5.74, 6) is -0.384. The summed E-state index contributed by atoms with van der Waals surface area (Å²) < 4.78 is 4.78. The Labute approximate surface area is 127 Å². The fraction of sp³-hybridized carbons (Fsp3) is 0.385. The number of methoxy groups -OCH3 is 1. The predicted octanol–water partition coefficient (Wildman–Crippen LogP) is 1.88. The molecule has 1 rings (SSSR count). The van der Waals surface area contributed by atoms with E-state index in [9.17, 15) is 9.59 Å². The van der Waals surface area contributed by atoms with E-state index in [1.54, 1.807) is 12.1 Å². The summed E-state index contributed by atoms with van der Waals surface area (Å²) in [6.07, 6.45) is 0.303. The highest BCUT2D eigenvalue weighted by Gasteiger charge is 2.07. The lowest BCUT2D eigenvalue weighted by molar-refractivity contribution is -0.121. The zero-order chi connectivity index (χ0) is 15.0. The Morgan fingerprint density at radius 1 is 1.15 bits per heavy atom.